The number of aromatic amines is 1. The summed E-state index contributed by atoms with van der Waals surface area (Å²) in [7, 11) is 2.08. The molecule has 19 heavy (non-hydrogen) atoms. The molecule has 2 N–H and O–H groups in total. The standard InChI is InChI=1S/C15H20N4/c1-11-3-4-13-12(10-18-14(13)9-11)5-6-16-15-17-7-8-19(15)2/h3-4,9-10,18H,5-8H2,1-2H3,(H,16,17). The second-order valence-electron chi connectivity index (χ2n) is 5.17. The molecule has 1 aliphatic heterocycles. The Kier molecular flexibility index (Phi) is 3.15. The molecule has 0 unspecified atom stereocenters. The Morgan fingerprint density at radius 3 is 3.11 bits per heavy atom. The van der Waals surface area contributed by atoms with Crippen LogP contribution in [0.5, 0.6) is 0 Å². The van der Waals surface area contributed by atoms with Crippen molar-refractivity contribution in [3.63, 3.8) is 0 Å². The highest BCUT2D eigenvalue weighted by molar-refractivity contribution is 5.84. The molecule has 4 heteroatoms. The minimum absolute atomic E-state index is 0.908. The van der Waals surface area contributed by atoms with E-state index in [2.05, 4.69) is 58.6 Å². The topological polar surface area (TPSA) is 43.4 Å². The van der Waals surface area contributed by atoms with Crippen molar-refractivity contribution in [2.75, 3.05) is 26.7 Å². The van der Waals surface area contributed by atoms with Crippen LogP contribution in [0.1, 0.15) is 11.1 Å². The fourth-order valence-corrected chi connectivity index (χ4v) is 2.54. The lowest BCUT2D eigenvalue weighted by atomic mass is 10.1. The summed E-state index contributed by atoms with van der Waals surface area (Å²) >= 11 is 0. The van der Waals surface area contributed by atoms with Crippen LogP contribution >= 0.6 is 0 Å². The molecule has 0 bridgehead atoms. The van der Waals surface area contributed by atoms with Gasteiger partial charge in [-0.3, -0.25) is 4.99 Å². The number of nitrogens with one attached hydrogen (secondary N) is 2. The van der Waals surface area contributed by atoms with Crippen LogP contribution in [0.2, 0.25) is 0 Å². The predicted octanol–water partition coefficient (Wildman–Crippen LogP) is 1.91. The number of benzene rings is 1. The zero-order valence-electron chi connectivity index (χ0n) is 11.5. The number of guanidine groups is 1. The van der Waals surface area contributed by atoms with E-state index in [0.29, 0.717) is 0 Å². The molecule has 0 saturated heterocycles. The summed E-state index contributed by atoms with van der Waals surface area (Å²) in [4.78, 5) is 9.95. The van der Waals surface area contributed by atoms with E-state index >= 15 is 0 Å². The molecular weight excluding hydrogens is 236 g/mol. The highest BCUT2D eigenvalue weighted by Gasteiger charge is 2.11. The van der Waals surface area contributed by atoms with Gasteiger partial charge in [0.15, 0.2) is 5.96 Å². The van der Waals surface area contributed by atoms with Crippen LogP contribution in [-0.4, -0.2) is 42.5 Å². The molecule has 0 spiro atoms. The van der Waals surface area contributed by atoms with Gasteiger partial charge in [0.05, 0.1) is 6.54 Å². The minimum atomic E-state index is 0.908. The fourth-order valence-electron chi connectivity index (χ4n) is 2.54. The van der Waals surface area contributed by atoms with Crippen molar-refractivity contribution in [1.82, 2.24) is 15.2 Å². The fraction of sp³-hybridized carbons (Fsp3) is 0.400. The monoisotopic (exact) mass is 256 g/mol. The van der Waals surface area contributed by atoms with Crippen molar-refractivity contribution in [1.29, 1.82) is 0 Å². The first-order chi connectivity index (χ1) is 9.24. The second kappa shape index (κ2) is 4.96. The van der Waals surface area contributed by atoms with Crippen molar-refractivity contribution in [2.24, 2.45) is 4.99 Å². The second-order valence-corrected chi connectivity index (χ2v) is 5.17. The van der Waals surface area contributed by atoms with E-state index in [1.54, 1.807) is 0 Å². The molecule has 0 saturated carbocycles. The number of hydrogen-bond donors (Lipinski definition) is 2. The lowest BCUT2D eigenvalue weighted by molar-refractivity contribution is 0.534. The lowest BCUT2D eigenvalue weighted by Gasteiger charge is -2.14. The molecule has 1 aliphatic rings. The number of rotatable bonds is 3. The van der Waals surface area contributed by atoms with Crippen molar-refractivity contribution in [3.8, 4) is 0 Å². The molecular formula is C15H20N4. The maximum atomic E-state index is 4.43. The zero-order chi connectivity index (χ0) is 13.2. The van der Waals surface area contributed by atoms with E-state index in [4.69, 9.17) is 0 Å². The van der Waals surface area contributed by atoms with Gasteiger partial charge in [0.2, 0.25) is 0 Å². The average Bonchev–Trinajstić information content (AvgIpc) is 2.97. The predicted molar refractivity (Wildman–Crippen MR) is 79.7 cm³/mol. The molecule has 2 heterocycles. The van der Waals surface area contributed by atoms with E-state index in [1.165, 1.54) is 22.0 Å². The summed E-state index contributed by atoms with van der Waals surface area (Å²) in [6.45, 7) is 4.97. The van der Waals surface area contributed by atoms with Gasteiger partial charge in [-0.25, -0.2) is 0 Å². The van der Waals surface area contributed by atoms with E-state index in [0.717, 1.165) is 32.0 Å². The zero-order valence-corrected chi connectivity index (χ0v) is 11.5. The Morgan fingerprint density at radius 2 is 2.32 bits per heavy atom. The van der Waals surface area contributed by atoms with Gasteiger partial charge in [0, 0.05) is 37.2 Å². The van der Waals surface area contributed by atoms with Crippen LogP contribution < -0.4 is 5.32 Å². The molecule has 0 aliphatic carbocycles. The first kappa shape index (κ1) is 12.1. The summed E-state index contributed by atoms with van der Waals surface area (Å²) in [5.74, 6) is 1.02. The normalized spacial score (nSPS) is 15.1. The lowest BCUT2D eigenvalue weighted by Crippen LogP contribution is -2.36. The van der Waals surface area contributed by atoms with Crippen LogP contribution in [0.15, 0.2) is 29.4 Å². The molecule has 1 aromatic heterocycles. The summed E-state index contributed by atoms with van der Waals surface area (Å²) in [6, 6.07) is 6.57. The van der Waals surface area contributed by atoms with Crippen LogP contribution in [0, 0.1) is 6.92 Å². The van der Waals surface area contributed by atoms with Gasteiger partial charge in [-0.2, -0.15) is 0 Å². The largest absolute Gasteiger partial charge is 0.361 e. The van der Waals surface area contributed by atoms with E-state index in [1.807, 2.05) is 0 Å². The Hall–Kier alpha value is -1.97. The Labute approximate surface area is 113 Å². The highest BCUT2D eigenvalue weighted by atomic mass is 15.3. The molecule has 1 aromatic carbocycles. The molecule has 0 radical (unpaired) electrons. The number of aromatic nitrogens is 1. The SMILES string of the molecule is Cc1ccc2c(CCNC3=NCCN3C)c[nH]c2c1. The summed E-state index contributed by atoms with van der Waals surface area (Å²) in [6.07, 6.45) is 3.13. The maximum absolute atomic E-state index is 4.43. The minimum Gasteiger partial charge on any atom is -0.361 e. The molecule has 0 amide bonds. The van der Waals surface area contributed by atoms with Crippen molar-refractivity contribution in [2.45, 2.75) is 13.3 Å². The van der Waals surface area contributed by atoms with Crippen LogP contribution in [0.25, 0.3) is 10.9 Å². The number of aryl methyl sites for hydroxylation is 1. The number of fused-ring (bicyclic) bond motifs is 1. The smallest absolute Gasteiger partial charge is 0.193 e. The van der Waals surface area contributed by atoms with Crippen LogP contribution in [0.3, 0.4) is 0 Å². The first-order valence-corrected chi connectivity index (χ1v) is 6.80. The third kappa shape index (κ3) is 2.43. The van der Waals surface area contributed by atoms with Crippen LogP contribution in [0.4, 0.5) is 0 Å². The van der Waals surface area contributed by atoms with E-state index in [9.17, 15) is 0 Å². The van der Waals surface area contributed by atoms with Gasteiger partial charge in [-0.1, -0.05) is 12.1 Å². The Balaban J connectivity index is 1.65. The molecule has 0 fully saturated rings. The van der Waals surface area contributed by atoms with Gasteiger partial charge in [0.1, 0.15) is 0 Å². The van der Waals surface area contributed by atoms with E-state index in [-0.39, 0.29) is 0 Å². The molecule has 2 aromatic rings. The summed E-state index contributed by atoms with van der Waals surface area (Å²) in [5.41, 5.74) is 3.88. The van der Waals surface area contributed by atoms with Crippen molar-refractivity contribution < 1.29 is 0 Å². The quantitative estimate of drug-likeness (QED) is 0.881. The molecule has 100 valence electrons. The van der Waals surface area contributed by atoms with Crippen LogP contribution in [-0.2, 0) is 6.42 Å². The number of hydrogen-bond acceptors (Lipinski definition) is 3. The number of H-pyrrole nitrogens is 1. The highest BCUT2D eigenvalue weighted by Crippen LogP contribution is 2.19. The van der Waals surface area contributed by atoms with Gasteiger partial charge < -0.3 is 15.2 Å². The van der Waals surface area contributed by atoms with Gasteiger partial charge in [-0.15, -0.1) is 0 Å². The van der Waals surface area contributed by atoms with Crippen molar-refractivity contribution in [3.05, 3.63) is 35.5 Å². The number of nitrogens with zero attached hydrogens (tertiary/aromatic N) is 2. The van der Waals surface area contributed by atoms with Gasteiger partial charge in [-0.05, 0) is 30.5 Å². The third-order valence-electron chi connectivity index (χ3n) is 3.66. The number of aliphatic imine (C=N–C) groups is 1. The Morgan fingerprint density at radius 1 is 1.42 bits per heavy atom. The van der Waals surface area contributed by atoms with E-state index < -0.39 is 0 Å². The van der Waals surface area contributed by atoms with Gasteiger partial charge >= 0.3 is 0 Å². The number of likely N-dealkylation sites (N-methyl/N-ethyl adjacent to an activating group) is 1. The first-order valence-electron chi connectivity index (χ1n) is 6.80. The average molecular weight is 256 g/mol. The third-order valence-corrected chi connectivity index (χ3v) is 3.66. The molecule has 0 atom stereocenters. The molecule has 3 rings (SSSR count). The van der Waals surface area contributed by atoms with Gasteiger partial charge in [0.25, 0.3) is 0 Å². The van der Waals surface area contributed by atoms with Crippen molar-refractivity contribution >= 4 is 16.9 Å². The summed E-state index contributed by atoms with van der Waals surface area (Å²) in [5, 5.41) is 4.74. The molecule has 4 nitrogen and oxygen atoms in total. The summed E-state index contributed by atoms with van der Waals surface area (Å²) < 4.78 is 0. The Bertz CT molecular complexity index is 612. The maximum Gasteiger partial charge on any atom is 0.193 e.